The van der Waals surface area contributed by atoms with Gasteiger partial charge in [0.1, 0.15) is 5.75 Å². The van der Waals surface area contributed by atoms with Crippen LogP contribution in [-0.4, -0.2) is 37.4 Å². The second kappa shape index (κ2) is 11.9. The molecule has 0 bridgehead atoms. The van der Waals surface area contributed by atoms with E-state index >= 15 is 0 Å². The van der Waals surface area contributed by atoms with Gasteiger partial charge in [-0.1, -0.05) is 12.1 Å². The molecule has 0 aliphatic heterocycles. The molecule has 0 radical (unpaired) electrons. The third-order valence-electron chi connectivity index (χ3n) is 3.83. The minimum Gasteiger partial charge on any atom is -0.492 e. The molecule has 0 spiro atoms. The number of rotatable bonds is 10. The molecule has 0 aromatic heterocycles. The molecule has 0 saturated heterocycles. The van der Waals surface area contributed by atoms with Crippen molar-refractivity contribution in [1.82, 2.24) is 5.32 Å². The highest BCUT2D eigenvalue weighted by atomic mass is 32.1. The monoisotopic (exact) mass is 432 g/mol. The molecule has 30 heavy (non-hydrogen) atoms. The Hall–Kier alpha value is -3.00. The first kappa shape index (κ1) is 23.3. The fraction of sp³-hybridized carbons (Fsp3) is 0.364. The Morgan fingerprint density at radius 2 is 1.37 bits per heavy atom. The minimum absolute atomic E-state index is 0.150. The molecule has 0 saturated carbocycles. The van der Waals surface area contributed by atoms with E-state index in [1.54, 1.807) is 12.1 Å². The van der Waals surface area contributed by atoms with E-state index in [-0.39, 0.29) is 5.11 Å². The average Bonchev–Trinajstić information content (AvgIpc) is 2.72. The summed E-state index contributed by atoms with van der Waals surface area (Å²) in [6, 6.07) is 10.6. The van der Waals surface area contributed by atoms with Crippen molar-refractivity contribution in [1.29, 1.82) is 0 Å². The molecule has 8 heteroatoms. The Morgan fingerprint density at radius 1 is 0.833 bits per heavy atom. The van der Waals surface area contributed by atoms with Crippen molar-refractivity contribution in [3.63, 3.8) is 0 Å². The molecule has 2 N–H and O–H groups in total. The van der Waals surface area contributed by atoms with Crippen LogP contribution in [0.5, 0.6) is 23.0 Å². The lowest BCUT2D eigenvalue weighted by Crippen LogP contribution is -2.34. The Bertz CT molecular complexity index is 845. The molecule has 1 amide bonds. The van der Waals surface area contributed by atoms with Gasteiger partial charge in [-0.15, -0.1) is 0 Å². The predicted molar refractivity (Wildman–Crippen MR) is 121 cm³/mol. The van der Waals surface area contributed by atoms with Crippen LogP contribution >= 0.6 is 12.2 Å². The van der Waals surface area contributed by atoms with Gasteiger partial charge in [0.15, 0.2) is 16.6 Å². The van der Waals surface area contributed by atoms with E-state index in [0.717, 1.165) is 0 Å². The molecule has 7 nitrogen and oxygen atoms in total. The third kappa shape index (κ3) is 6.25. The van der Waals surface area contributed by atoms with Crippen LogP contribution in [0.25, 0.3) is 0 Å². The highest BCUT2D eigenvalue weighted by Gasteiger charge is 2.19. The second-order valence-electron chi connectivity index (χ2n) is 5.94. The number of para-hydroxylation sites is 2. The Morgan fingerprint density at radius 3 is 1.93 bits per heavy atom. The summed E-state index contributed by atoms with van der Waals surface area (Å²) in [7, 11) is 0. The number of carbonyl (C=O) groups excluding carboxylic acids is 1. The maximum absolute atomic E-state index is 12.8. The molecule has 0 atom stereocenters. The number of thiocarbonyl (C=S) groups is 1. The van der Waals surface area contributed by atoms with E-state index in [1.165, 1.54) is 0 Å². The molecule has 2 aromatic rings. The summed E-state index contributed by atoms with van der Waals surface area (Å²) in [5.41, 5.74) is 1.01. The highest BCUT2D eigenvalue weighted by Crippen LogP contribution is 2.39. The number of carbonyl (C=O) groups is 1. The standard InChI is InChI=1S/C22H28N2O5S/c1-5-26-17-12-10-9-11-16(17)23-22(30)24-21(25)15-13-18(27-6-2)20(29-8-4)19(14-15)28-7-3/h9-14H,5-8H2,1-4H3,(H2,23,24,25,30). The summed E-state index contributed by atoms with van der Waals surface area (Å²) < 4.78 is 22.6. The van der Waals surface area contributed by atoms with E-state index in [1.807, 2.05) is 52.0 Å². The van der Waals surface area contributed by atoms with Gasteiger partial charge in [-0.2, -0.15) is 0 Å². The summed E-state index contributed by atoms with van der Waals surface area (Å²) in [4.78, 5) is 12.8. The lowest BCUT2D eigenvalue weighted by atomic mass is 10.1. The smallest absolute Gasteiger partial charge is 0.257 e. The number of amides is 1. The molecule has 162 valence electrons. The summed E-state index contributed by atoms with van der Waals surface area (Å²) in [6.45, 7) is 9.29. The molecule has 0 fully saturated rings. The Kier molecular flexibility index (Phi) is 9.21. The van der Waals surface area contributed by atoms with E-state index in [2.05, 4.69) is 10.6 Å². The van der Waals surface area contributed by atoms with Crippen molar-refractivity contribution in [3.8, 4) is 23.0 Å². The lowest BCUT2D eigenvalue weighted by Gasteiger charge is -2.17. The number of nitrogens with one attached hydrogen (secondary N) is 2. The van der Waals surface area contributed by atoms with Crippen LogP contribution in [-0.2, 0) is 0 Å². The number of anilines is 1. The predicted octanol–water partition coefficient (Wildman–Crippen LogP) is 4.41. The quantitative estimate of drug-likeness (QED) is 0.539. The lowest BCUT2D eigenvalue weighted by molar-refractivity contribution is 0.0976. The average molecular weight is 433 g/mol. The minimum atomic E-state index is -0.397. The van der Waals surface area contributed by atoms with Crippen LogP contribution in [0.2, 0.25) is 0 Å². The van der Waals surface area contributed by atoms with Crippen LogP contribution in [0.1, 0.15) is 38.1 Å². The molecular weight excluding hydrogens is 404 g/mol. The van der Waals surface area contributed by atoms with Crippen LogP contribution < -0.4 is 29.6 Å². The van der Waals surface area contributed by atoms with Crippen molar-refractivity contribution in [2.45, 2.75) is 27.7 Å². The van der Waals surface area contributed by atoms with Crippen molar-refractivity contribution in [3.05, 3.63) is 42.0 Å². The van der Waals surface area contributed by atoms with Gasteiger partial charge in [-0.3, -0.25) is 10.1 Å². The first-order valence-corrected chi connectivity index (χ1v) is 10.3. The normalized spacial score (nSPS) is 10.1. The van der Waals surface area contributed by atoms with Crippen molar-refractivity contribution >= 4 is 28.9 Å². The van der Waals surface area contributed by atoms with Gasteiger partial charge >= 0.3 is 0 Å². The molecular formula is C22H28N2O5S. The molecule has 0 aliphatic carbocycles. The van der Waals surface area contributed by atoms with Gasteiger partial charge in [0.2, 0.25) is 5.75 Å². The van der Waals surface area contributed by atoms with Gasteiger partial charge in [-0.25, -0.2) is 0 Å². The largest absolute Gasteiger partial charge is 0.492 e. The summed E-state index contributed by atoms with van der Waals surface area (Å²) in [6.07, 6.45) is 0. The second-order valence-corrected chi connectivity index (χ2v) is 6.35. The zero-order chi connectivity index (χ0) is 21.9. The van der Waals surface area contributed by atoms with Gasteiger partial charge in [0.05, 0.1) is 32.1 Å². The Balaban J connectivity index is 2.22. The van der Waals surface area contributed by atoms with E-state index < -0.39 is 5.91 Å². The maximum Gasteiger partial charge on any atom is 0.257 e. The van der Waals surface area contributed by atoms with Gasteiger partial charge in [0.25, 0.3) is 5.91 Å². The van der Waals surface area contributed by atoms with Crippen molar-refractivity contribution in [2.75, 3.05) is 31.7 Å². The number of hydrogen-bond acceptors (Lipinski definition) is 6. The van der Waals surface area contributed by atoms with Crippen LogP contribution in [0.15, 0.2) is 36.4 Å². The fourth-order valence-corrected chi connectivity index (χ4v) is 2.90. The van der Waals surface area contributed by atoms with Crippen LogP contribution in [0.3, 0.4) is 0 Å². The SMILES string of the molecule is CCOc1ccccc1NC(=S)NC(=O)c1cc(OCC)c(OCC)c(OCC)c1. The van der Waals surface area contributed by atoms with Crippen molar-refractivity contribution in [2.24, 2.45) is 0 Å². The van der Waals surface area contributed by atoms with E-state index in [0.29, 0.717) is 60.7 Å². The van der Waals surface area contributed by atoms with Gasteiger partial charge in [0, 0.05) is 5.56 Å². The zero-order valence-corrected chi connectivity index (χ0v) is 18.6. The van der Waals surface area contributed by atoms with Crippen molar-refractivity contribution < 1.29 is 23.7 Å². The summed E-state index contributed by atoms with van der Waals surface area (Å²) >= 11 is 5.31. The first-order valence-electron chi connectivity index (χ1n) is 9.94. The molecule has 2 aromatic carbocycles. The third-order valence-corrected chi connectivity index (χ3v) is 4.04. The van der Waals surface area contributed by atoms with E-state index in [9.17, 15) is 4.79 Å². The topological polar surface area (TPSA) is 78.1 Å². The Labute approximate surface area is 182 Å². The van der Waals surface area contributed by atoms with Gasteiger partial charge < -0.3 is 24.3 Å². The molecule has 0 unspecified atom stereocenters. The molecule has 2 rings (SSSR count). The first-order chi connectivity index (χ1) is 14.5. The van der Waals surface area contributed by atoms with Crippen LogP contribution in [0.4, 0.5) is 5.69 Å². The number of ether oxygens (including phenoxy) is 4. The molecule has 0 aliphatic rings. The van der Waals surface area contributed by atoms with Crippen LogP contribution in [0, 0.1) is 0 Å². The van der Waals surface area contributed by atoms with Gasteiger partial charge in [-0.05, 0) is 64.2 Å². The molecule has 0 heterocycles. The summed E-state index contributed by atoms with van der Waals surface area (Å²) in [5, 5.41) is 5.82. The fourth-order valence-electron chi connectivity index (χ4n) is 2.70. The van der Waals surface area contributed by atoms with E-state index in [4.69, 9.17) is 31.2 Å². The maximum atomic E-state index is 12.8. The number of hydrogen-bond donors (Lipinski definition) is 2. The summed E-state index contributed by atoms with van der Waals surface area (Å²) in [5.74, 6) is 1.61. The number of benzene rings is 2. The highest BCUT2D eigenvalue weighted by molar-refractivity contribution is 7.80. The zero-order valence-electron chi connectivity index (χ0n) is 17.7.